The van der Waals surface area contributed by atoms with Gasteiger partial charge in [-0.2, -0.15) is 0 Å². The third-order valence-corrected chi connectivity index (χ3v) is 4.93. The Hall–Kier alpha value is -3.37. The fraction of sp³-hybridized carbons (Fsp3) is 0.0435. The molecular formula is C23H16ClNO3. The van der Waals surface area contributed by atoms with Crippen molar-refractivity contribution in [3.63, 3.8) is 0 Å². The van der Waals surface area contributed by atoms with Crippen LogP contribution in [0, 0.1) is 0 Å². The minimum Gasteiger partial charge on any atom is -0.507 e. The minimum atomic E-state index is -0.750. The third kappa shape index (κ3) is 3.08. The number of ketones is 1. The number of aliphatic hydroxyl groups is 1. The molecule has 138 valence electrons. The summed E-state index contributed by atoms with van der Waals surface area (Å²) in [6.07, 6.45) is 0. The second-order valence-corrected chi connectivity index (χ2v) is 6.86. The molecule has 3 aromatic rings. The van der Waals surface area contributed by atoms with Gasteiger partial charge in [0.1, 0.15) is 5.76 Å². The molecule has 0 radical (unpaired) electrons. The number of hydrogen-bond donors (Lipinski definition) is 1. The Morgan fingerprint density at radius 3 is 2.14 bits per heavy atom. The largest absolute Gasteiger partial charge is 0.507 e. The van der Waals surface area contributed by atoms with E-state index >= 15 is 0 Å². The van der Waals surface area contributed by atoms with Crippen LogP contribution in [-0.2, 0) is 9.59 Å². The molecular weight excluding hydrogens is 374 g/mol. The summed E-state index contributed by atoms with van der Waals surface area (Å²) in [6.45, 7) is 0. The standard InChI is InChI=1S/C23H16ClNO3/c24-17-12-7-13-18(14-17)25-20(15-8-3-1-4-9-15)19(22(27)23(25)28)21(26)16-10-5-2-6-11-16/h1-14,20,26H/b21-19-. The first-order chi connectivity index (χ1) is 13.6. The molecule has 1 heterocycles. The number of aliphatic hydroxyl groups excluding tert-OH is 1. The summed E-state index contributed by atoms with van der Waals surface area (Å²) in [5.74, 6) is -1.62. The summed E-state index contributed by atoms with van der Waals surface area (Å²) in [6, 6.07) is 23.9. The number of carbonyl (C=O) groups excluding carboxylic acids is 2. The van der Waals surface area contributed by atoms with E-state index in [-0.39, 0.29) is 11.3 Å². The fourth-order valence-corrected chi connectivity index (χ4v) is 3.61. The molecule has 1 atom stereocenters. The maximum atomic E-state index is 12.9. The van der Waals surface area contributed by atoms with E-state index in [0.717, 1.165) is 5.56 Å². The Kier molecular flexibility index (Phi) is 4.72. The molecule has 5 heteroatoms. The molecule has 1 N–H and O–H groups in total. The first-order valence-electron chi connectivity index (χ1n) is 8.75. The van der Waals surface area contributed by atoms with Crippen molar-refractivity contribution in [1.82, 2.24) is 0 Å². The van der Waals surface area contributed by atoms with Gasteiger partial charge in [0.05, 0.1) is 11.6 Å². The molecule has 1 amide bonds. The highest BCUT2D eigenvalue weighted by Gasteiger charge is 2.46. The van der Waals surface area contributed by atoms with E-state index in [9.17, 15) is 14.7 Å². The zero-order valence-corrected chi connectivity index (χ0v) is 15.5. The lowest BCUT2D eigenvalue weighted by Crippen LogP contribution is -2.29. The number of rotatable bonds is 3. The van der Waals surface area contributed by atoms with Crippen molar-refractivity contribution in [3.8, 4) is 0 Å². The Balaban J connectivity index is 1.95. The van der Waals surface area contributed by atoms with Crippen molar-refractivity contribution < 1.29 is 14.7 Å². The maximum Gasteiger partial charge on any atom is 0.300 e. The van der Waals surface area contributed by atoms with Gasteiger partial charge in [-0.1, -0.05) is 78.3 Å². The van der Waals surface area contributed by atoms with Gasteiger partial charge >= 0.3 is 0 Å². The van der Waals surface area contributed by atoms with Gasteiger partial charge in [0, 0.05) is 16.3 Å². The normalized spacial score (nSPS) is 18.5. The maximum absolute atomic E-state index is 12.9. The highest BCUT2D eigenvalue weighted by atomic mass is 35.5. The van der Waals surface area contributed by atoms with E-state index in [4.69, 9.17) is 11.6 Å². The van der Waals surface area contributed by atoms with Gasteiger partial charge in [0.15, 0.2) is 0 Å². The van der Waals surface area contributed by atoms with Crippen LogP contribution in [0.15, 0.2) is 90.5 Å². The van der Waals surface area contributed by atoms with Crippen LogP contribution in [0.5, 0.6) is 0 Å². The second kappa shape index (κ2) is 7.33. The lowest BCUT2D eigenvalue weighted by molar-refractivity contribution is -0.132. The van der Waals surface area contributed by atoms with Crippen LogP contribution < -0.4 is 4.90 Å². The molecule has 0 aromatic heterocycles. The van der Waals surface area contributed by atoms with Crippen molar-refractivity contribution >= 4 is 34.7 Å². The molecule has 1 fully saturated rings. The van der Waals surface area contributed by atoms with Gasteiger partial charge < -0.3 is 5.11 Å². The highest BCUT2D eigenvalue weighted by molar-refractivity contribution is 6.51. The molecule has 3 aromatic carbocycles. The number of anilines is 1. The van der Waals surface area contributed by atoms with E-state index in [0.29, 0.717) is 16.3 Å². The summed E-state index contributed by atoms with van der Waals surface area (Å²) in [5.41, 5.74) is 1.75. The Morgan fingerprint density at radius 1 is 0.857 bits per heavy atom. The summed E-state index contributed by atoms with van der Waals surface area (Å²) < 4.78 is 0. The lowest BCUT2D eigenvalue weighted by atomic mass is 9.95. The van der Waals surface area contributed by atoms with Gasteiger partial charge in [-0.3, -0.25) is 14.5 Å². The van der Waals surface area contributed by atoms with Crippen molar-refractivity contribution in [2.24, 2.45) is 0 Å². The molecule has 0 aliphatic carbocycles. The first-order valence-corrected chi connectivity index (χ1v) is 9.12. The molecule has 0 spiro atoms. The zero-order valence-electron chi connectivity index (χ0n) is 14.7. The number of Topliss-reactive ketones (excluding diaryl/α,β-unsaturated/α-hetero) is 1. The molecule has 1 saturated heterocycles. The van der Waals surface area contributed by atoms with Crippen LogP contribution in [0.25, 0.3) is 5.76 Å². The number of halogens is 1. The number of benzene rings is 3. The van der Waals surface area contributed by atoms with E-state index < -0.39 is 17.7 Å². The quantitative estimate of drug-likeness (QED) is 0.391. The van der Waals surface area contributed by atoms with Gasteiger partial charge in [-0.15, -0.1) is 0 Å². The Labute approximate surface area is 167 Å². The second-order valence-electron chi connectivity index (χ2n) is 6.43. The zero-order chi connectivity index (χ0) is 19.7. The molecule has 4 nitrogen and oxygen atoms in total. The summed E-state index contributed by atoms with van der Waals surface area (Å²) in [7, 11) is 0. The molecule has 28 heavy (non-hydrogen) atoms. The van der Waals surface area contributed by atoms with Crippen molar-refractivity contribution in [2.45, 2.75) is 6.04 Å². The van der Waals surface area contributed by atoms with Gasteiger partial charge in [0.25, 0.3) is 11.7 Å². The van der Waals surface area contributed by atoms with Crippen LogP contribution in [0.1, 0.15) is 17.2 Å². The highest BCUT2D eigenvalue weighted by Crippen LogP contribution is 2.42. The van der Waals surface area contributed by atoms with Crippen molar-refractivity contribution in [2.75, 3.05) is 4.90 Å². The summed E-state index contributed by atoms with van der Waals surface area (Å²) in [5, 5.41) is 11.4. The first kappa shape index (κ1) is 18.0. The summed E-state index contributed by atoms with van der Waals surface area (Å²) in [4.78, 5) is 27.3. The van der Waals surface area contributed by atoms with Gasteiger partial charge in [0.2, 0.25) is 0 Å². The van der Waals surface area contributed by atoms with E-state index in [2.05, 4.69) is 0 Å². The molecule has 1 unspecified atom stereocenters. The smallest absolute Gasteiger partial charge is 0.300 e. The summed E-state index contributed by atoms with van der Waals surface area (Å²) >= 11 is 6.11. The van der Waals surface area contributed by atoms with Crippen molar-refractivity contribution in [1.29, 1.82) is 0 Å². The average Bonchev–Trinajstić information content (AvgIpc) is 3.00. The number of carbonyl (C=O) groups is 2. The lowest BCUT2D eigenvalue weighted by Gasteiger charge is -2.25. The minimum absolute atomic E-state index is 0.0578. The molecule has 0 bridgehead atoms. The van der Waals surface area contributed by atoms with Gasteiger partial charge in [-0.05, 0) is 23.8 Å². The molecule has 1 aliphatic rings. The molecule has 1 aliphatic heterocycles. The van der Waals surface area contributed by atoms with Crippen LogP contribution >= 0.6 is 11.6 Å². The predicted octanol–water partition coefficient (Wildman–Crippen LogP) is 4.97. The fourth-order valence-electron chi connectivity index (χ4n) is 3.43. The van der Waals surface area contributed by atoms with E-state index in [1.165, 1.54) is 4.90 Å². The molecule has 0 saturated carbocycles. The van der Waals surface area contributed by atoms with Gasteiger partial charge in [-0.25, -0.2) is 0 Å². The van der Waals surface area contributed by atoms with Crippen LogP contribution in [0.2, 0.25) is 5.02 Å². The van der Waals surface area contributed by atoms with Crippen LogP contribution in [0.3, 0.4) is 0 Å². The average molecular weight is 390 g/mol. The monoisotopic (exact) mass is 389 g/mol. The SMILES string of the molecule is O=C1C(=O)N(c2cccc(Cl)c2)C(c2ccccc2)/C1=C(/O)c1ccccc1. The van der Waals surface area contributed by atoms with E-state index in [1.807, 2.05) is 36.4 Å². The number of hydrogen-bond acceptors (Lipinski definition) is 3. The topological polar surface area (TPSA) is 57.6 Å². The van der Waals surface area contributed by atoms with Crippen LogP contribution in [0.4, 0.5) is 5.69 Å². The Bertz CT molecular complexity index is 1080. The predicted molar refractivity (Wildman–Crippen MR) is 109 cm³/mol. The Morgan fingerprint density at radius 2 is 1.50 bits per heavy atom. The molecule has 4 rings (SSSR count). The number of amides is 1. The van der Waals surface area contributed by atoms with Crippen molar-refractivity contribution in [3.05, 3.63) is 107 Å². The van der Waals surface area contributed by atoms with Crippen LogP contribution in [-0.4, -0.2) is 16.8 Å². The van der Waals surface area contributed by atoms with E-state index in [1.54, 1.807) is 48.5 Å². The number of nitrogens with zero attached hydrogens (tertiary/aromatic N) is 1. The third-order valence-electron chi connectivity index (χ3n) is 4.69.